The highest BCUT2D eigenvalue weighted by atomic mass is 32.1. The molecule has 4 heterocycles. The van der Waals surface area contributed by atoms with Gasteiger partial charge < -0.3 is 9.88 Å². The van der Waals surface area contributed by atoms with E-state index in [9.17, 15) is 9.59 Å². The average molecular weight is 451 g/mol. The van der Waals surface area contributed by atoms with Crippen molar-refractivity contribution in [1.29, 1.82) is 0 Å². The molecule has 0 atom stereocenters. The predicted molar refractivity (Wildman–Crippen MR) is 129 cm³/mol. The van der Waals surface area contributed by atoms with E-state index < -0.39 is 0 Å². The van der Waals surface area contributed by atoms with Gasteiger partial charge in [0.15, 0.2) is 0 Å². The quantitative estimate of drug-likeness (QED) is 0.645. The molecule has 168 valence electrons. The van der Waals surface area contributed by atoms with E-state index in [1.54, 1.807) is 11.3 Å². The van der Waals surface area contributed by atoms with E-state index in [0.717, 1.165) is 67.1 Å². The molecule has 1 aromatic carbocycles. The largest absolute Gasteiger partial charge is 0.342 e. The van der Waals surface area contributed by atoms with Crippen LogP contribution >= 0.6 is 11.3 Å². The molecular weight excluding hydrogens is 420 g/mol. The Balaban J connectivity index is 1.23. The summed E-state index contributed by atoms with van der Waals surface area (Å²) in [6.45, 7) is 4.21. The number of carbonyl (C=O) groups excluding carboxylic acids is 1. The Labute approximate surface area is 192 Å². The summed E-state index contributed by atoms with van der Waals surface area (Å²) in [7, 11) is 0. The first-order chi connectivity index (χ1) is 15.7. The Kier molecular flexibility index (Phi) is 6.37. The molecule has 2 aromatic heterocycles. The fraction of sp³-hybridized carbons (Fsp3) is 0.480. The summed E-state index contributed by atoms with van der Waals surface area (Å²) in [5.74, 6) is 1.21. The van der Waals surface area contributed by atoms with Crippen LogP contribution in [-0.4, -0.2) is 51.9 Å². The zero-order valence-electron chi connectivity index (χ0n) is 18.4. The Morgan fingerprint density at radius 3 is 2.47 bits per heavy atom. The van der Waals surface area contributed by atoms with Crippen LogP contribution in [-0.2, 0) is 11.3 Å². The van der Waals surface area contributed by atoms with Gasteiger partial charge in [0.05, 0.1) is 11.9 Å². The lowest BCUT2D eigenvalue weighted by atomic mass is 9.95. The van der Waals surface area contributed by atoms with Crippen LogP contribution in [0.4, 0.5) is 0 Å². The summed E-state index contributed by atoms with van der Waals surface area (Å²) in [6.07, 6.45) is 6.54. The molecular formula is C25H30N4O2S. The molecule has 1 amide bonds. The molecule has 32 heavy (non-hydrogen) atoms. The van der Waals surface area contributed by atoms with E-state index in [1.165, 1.54) is 12.8 Å². The van der Waals surface area contributed by atoms with Crippen LogP contribution in [0.15, 0.2) is 41.2 Å². The van der Waals surface area contributed by atoms with Crippen LogP contribution in [0.2, 0.25) is 0 Å². The third-order valence-electron chi connectivity index (χ3n) is 6.74. The van der Waals surface area contributed by atoms with Gasteiger partial charge >= 0.3 is 0 Å². The molecule has 3 aromatic rings. The number of rotatable bonds is 4. The second-order valence-corrected chi connectivity index (χ2v) is 10.0. The minimum absolute atomic E-state index is 0.0744. The maximum Gasteiger partial charge on any atom is 0.259 e. The number of nitrogens with zero attached hydrogens (tertiary/aromatic N) is 3. The number of fused-ring (bicyclic) bond motifs is 1. The molecule has 5 rings (SSSR count). The fourth-order valence-corrected chi connectivity index (χ4v) is 5.95. The molecule has 7 heteroatoms. The van der Waals surface area contributed by atoms with E-state index in [0.29, 0.717) is 23.7 Å². The van der Waals surface area contributed by atoms with Gasteiger partial charge in [0.25, 0.3) is 5.56 Å². The normalized spacial score (nSPS) is 18.7. The molecule has 0 bridgehead atoms. The van der Waals surface area contributed by atoms with Gasteiger partial charge in [0.1, 0.15) is 10.7 Å². The third-order valence-corrected chi connectivity index (χ3v) is 7.82. The number of aromatic amines is 1. The van der Waals surface area contributed by atoms with Crippen LogP contribution in [0.5, 0.6) is 0 Å². The van der Waals surface area contributed by atoms with Gasteiger partial charge in [-0.15, -0.1) is 11.3 Å². The van der Waals surface area contributed by atoms with Gasteiger partial charge in [-0.05, 0) is 50.4 Å². The van der Waals surface area contributed by atoms with Gasteiger partial charge in [-0.25, -0.2) is 4.98 Å². The molecule has 2 saturated heterocycles. The Morgan fingerprint density at radius 2 is 1.75 bits per heavy atom. The molecule has 0 spiro atoms. The highest BCUT2D eigenvalue weighted by molar-refractivity contribution is 7.21. The first-order valence-corrected chi connectivity index (χ1v) is 12.6. The second kappa shape index (κ2) is 9.55. The molecule has 0 aliphatic carbocycles. The number of carbonyl (C=O) groups is 1. The number of nitrogens with one attached hydrogen (secondary N) is 1. The Hall–Kier alpha value is -2.51. The number of aromatic nitrogens is 2. The van der Waals surface area contributed by atoms with Crippen molar-refractivity contribution in [2.24, 2.45) is 5.92 Å². The minimum Gasteiger partial charge on any atom is -0.342 e. The van der Waals surface area contributed by atoms with E-state index in [4.69, 9.17) is 4.98 Å². The summed E-state index contributed by atoms with van der Waals surface area (Å²) >= 11 is 1.56. The van der Waals surface area contributed by atoms with Crippen molar-refractivity contribution in [3.63, 3.8) is 0 Å². The van der Waals surface area contributed by atoms with Gasteiger partial charge in [0.2, 0.25) is 5.91 Å². The summed E-state index contributed by atoms with van der Waals surface area (Å²) in [5.41, 5.74) is 1.03. The number of likely N-dealkylation sites (tertiary alicyclic amines) is 2. The van der Waals surface area contributed by atoms with Gasteiger partial charge in [-0.2, -0.15) is 0 Å². The molecule has 6 nitrogen and oxygen atoms in total. The van der Waals surface area contributed by atoms with Crippen molar-refractivity contribution in [2.45, 2.75) is 45.1 Å². The second-order valence-electron chi connectivity index (χ2n) is 9.00. The van der Waals surface area contributed by atoms with E-state index in [-0.39, 0.29) is 11.5 Å². The molecule has 2 aliphatic heterocycles. The maximum absolute atomic E-state index is 12.9. The molecule has 2 aliphatic rings. The fourth-order valence-electron chi connectivity index (χ4n) is 4.89. The topological polar surface area (TPSA) is 69.3 Å². The van der Waals surface area contributed by atoms with Gasteiger partial charge in [-0.3, -0.25) is 14.5 Å². The SMILES string of the molecule is O=C(C1CCN(Cc2nc3sc(-c4ccccc4)cc3c(=O)[nH]2)CC1)N1CCCCCC1. The molecule has 0 unspecified atom stereocenters. The summed E-state index contributed by atoms with van der Waals surface area (Å²) in [5, 5.41) is 0.652. The summed E-state index contributed by atoms with van der Waals surface area (Å²) in [6, 6.07) is 12.0. The van der Waals surface area contributed by atoms with E-state index in [1.807, 2.05) is 24.3 Å². The number of thiophene rings is 1. The van der Waals surface area contributed by atoms with Crippen LogP contribution in [0.1, 0.15) is 44.3 Å². The lowest BCUT2D eigenvalue weighted by Gasteiger charge is -2.33. The molecule has 0 saturated carbocycles. The van der Waals surface area contributed by atoms with E-state index in [2.05, 4.69) is 26.9 Å². The number of benzene rings is 1. The Morgan fingerprint density at radius 1 is 1.03 bits per heavy atom. The predicted octanol–water partition coefficient (Wildman–Crippen LogP) is 4.27. The van der Waals surface area contributed by atoms with Crippen LogP contribution in [0, 0.1) is 5.92 Å². The number of hydrogen-bond acceptors (Lipinski definition) is 5. The number of amides is 1. The lowest BCUT2D eigenvalue weighted by Crippen LogP contribution is -2.43. The van der Waals surface area contributed by atoms with Crippen molar-refractivity contribution >= 4 is 27.5 Å². The van der Waals surface area contributed by atoms with Gasteiger partial charge in [0, 0.05) is 23.9 Å². The van der Waals surface area contributed by atoms with Crippen LogP contribution in [0.3, 0.4) is 0 Å². The van der Waals surface area contributed by atoms with E-state index >= 15 is 0 Å². The lowest BCUT2D eigenvalue weighted by molar-refractivity contribution is -0.137. The first kappa shape index (κ1) is 21.3. The third kappa shape index (κ3) is 4.64. The smallest absolute Gasteiger partial charge is 0.259 e. The van der Waals surface area contributed by atoms with Crippen molar-refractivity contribution in [3.8, 4) is 10.4 Å². The van der Waals surface area contributed by atoms with Crippen LogP contribution in [0.25, 0.3) is 20.7 Å². The van der Waals surface area contributed by atoms with Crippen molar-refractivity contribution in [1.82, 2.24) is 19.8 Å². The van der Waals surface area contributed by atoms with Crippen LogP contribution < -0.4 is 5.56 Å². The highest BCUT2D eigenvalue weighted by Gasteiger charge is 2.29. The summed E-state index contributed by atoms with van der Waals surface area (Å²) in [4.78, 5) is 39.6. The molecule has 1 N–H and O–H groups in total. The monoisotopic (exact) mass is 450 g/mol. The molecule has 2 fully saturated rings. The minimum atomic E-state index is -0.0744. The van der Waals surface area contributed by atoms with Gasteiger partial charge in [-0.1, -0.05) is 43.2 Å². The zero-order valence-corrected chi connectivity index (χ0v) is 19.2. The number of hydrogen-bond donors (Lipinski definition) is 1. The van der Waals surface area contributed by atoms with Crippen molar-refractivity contribution in [3.05, 3.63) is 52.6 Å². The first-order valence-electron chi connectivity index (χ1n) is 11.8. The van der Waals surface area contributed by atoms with Crippen molar-refractivity contribution in [2.75, 3.05) is 26.2 Å². The summed E-state index contributed by atoms with van der Waals surface area (Å²) < 4.78 is 0. The highest BCUT2D eigenvalue weighted by Crippen LogP contribution is 2.31. The standard InChI is InChI=1S/C25H30N4O2S/c30-23-20-16-21(18-8-4-3-5-9-18)32-24(20)27-22(26-23)17-28-14-10-19(11-15-28)25(31)29-12-6-1-2-7-13-29/h3-5,8-9,16,19H,1-2,6-7,10-15,17H2,(H,26,27,30). The average Bonchev–Trinajstić information content (AvgIpc) is 3.07. The zero-order chi connectivity index (χ0) is 21.9. The molecule has 0 radical (unpaired) electrons. The maximum atomic E-state index is 12.9. The number of piperidine rings is 1. The Bertz CT molecular complexity index is 1120. The van der Waals surface area contributed by atoms with Crippen molar-refractivity contribution < 1.29 is 4.79 Å². The number of H-pyrrole nitrogens is 1.